The van der Waals surface area contributed by atoms with E-state index >= 15 is 0 Å². The number of hydrogen-bond donors (Lipinski definition) is 0. The van der Waals surface area contributed by atoms with Gasteiger partial charge in [0.1, 0.15) is 0 Å². The van der Waals surface area contributed by atoms with Crippen LogP contribution in [0.25, 0.3) is 0 Å². The molecule has 0 aromatic carbocycles. The van der Waals surface area contributed by atoms with E-state index in [2.05, 4.69) is 6.58 Å². The number of rotatable bonds is 9. The first-order chi connectivity index (χ1) is 7.47. The molecule has 0 heterocycles. The molecule has 0 N–H and O–H groups in total. The summed E-state index contributed by atoms with van der Waals surface area (Å²) in [6.07, 6.45) is -0.246. The largest absolute Gasteiger partial charge is 0.470 e. The molecule has 0 bridgehead atoms. The molecular formula is C10H21ClO4Si. The van der Waals surface area contributed by atoms with Gasteiger partial charge in [-0.05, 0) is 19.5 Å². The van der Waals surface area contributed by atoms with Crippen molar-refractivity contribution in [3.63, 3.8) is 0 Å². The average molecular weight is 269 g/mol. The Morgan fingerprint density at radius 2 is 1.50 bits per heavy atom. The molecule has 0 spiro atoms. The number of hydrogen-bond acceptors (Lipinski definition) is 4. The summed E-state index contributed by atoms with van der Waals surface area (Å²) in [5.74, 6) is 0. The quantitative estimate of drug-likeness (QED) is 0.473. The van der Waals surface area contributed by atoms with Crippen LogP contribution in [0.4, 0.5) is 0 Å². The van der Waals surface area contributed by atoms with Crippen molar-refractivity contribution >= 4 is 18.9 Å². The molecule has 4 nitrogen and oxygen atoms in total. The van der Waals surface area contributed by atoms with E-state index in [1.54, 1.807) is 19.9 Å². The van der Waals surface area contributed by atoms with E-state index < -0.39 is 7.87 Å². The lowest BCUT2D eigenvalue weighted by Crippen LogP contribution is -2.42. The van der Waals surface area contributed by atoms with Crippen molar-refractivity contribution in [2.24, 2.45) is 0 Å². The minimum absolute atomic E-state index is 0.123. The molecule has 0 saturated heterocycles. The second-order valence-corrected chi connectivity index (χ2v) is 7.18. The predicted molar refractivity (Wildman–Crippen MR) is 66.7 cm³/mol. The third-order valence-corrected chi connectivity index (χ3v) is 4.70. The highest BCUT2D eigenvalue weighted by Gasteiger charge is 2.36. The molecule has 0 rings (SSSR count). The van der Waals surface area contributed by atoms with Gasteiger partial charge in [-0.3, -0.25) is 0 Å². The van der Waals surface area contributed by atoms with Crippen LogP contribution in [-0.4, -0.2) is 47.5 Å². The van der Waals surface area contributed by atoms with E-state index in [-0.39, 0.29) is 12.2 Å². The molecule has 2 atom stereocenters. The van der Waals surface area contributed by atoms with Gasteiger partial charge in [0.05, 0.1) is 25.4 Å². The molecule has 0 amide bonds. The van der Waals surface area contributed by atoms with Crippen molar-refractivity contribution in [3.8, 4) is 0 Å². The van der Waals surface area contributed by atoms with Gasteiger partial charge in [0.25, 0.3) is 0 Å². The molecule has 0 aromatic rings. The van der Waals surface area contributed by atoms with Crippen molar-refractivity contribution in [1.29, 1.82) is 0 Å². The normalized spacial score (nSPS) is 18.8. The van der Waals surface area contributed by atoms with Crippen molar-refractivity contribution in [1.82, 2.24) is 0 Å². The van der Waals surface area contributed by atoms with Gasteiger partial charge in [0.2, 0.25) is 0 Å². The lowest BCUT2D eigenvalue weighted by molar-refractivity contribution is 0.0354. The van der Waals surface area contributed by atoms with Crippen LogP contribution in [0.5, 0.6) is 0 Å². The second kappa shape index (κ2) is 8.22. The molecule has 96 valence electrons. The molecule has 0 aliphatic carbocycles. The Morgan fingerprint density at radius 3 is 1.75 bits per heavy atom. The Morgan fingerprint density at radius 1 is 1.12 bits per heavy atom. The van der Waals surface area contributed by atoms with Crippen LogP contribution in [-0.2, 0) is 18.3 Å². The highest BCUT2D eigenvalue weighted by Crippen LogP contribution is 2.19. The van der Waals surface area contributed by atoms with Gasteiger partial charge in [0.15, 0.2) is 0 Å². The molecule has 0 fully saturated rings. The Hall–Kier alpha value is 0.0869. The molecule has 16 heavy (non-hydrogen) atoms. The Balaban J connectivity index is 4.23. The van der Waals surface area contributed by atoms with Gasteiger partial charge in [-0.25, -0.2) is 0 Å². The Bertz CT molecular complexity index is 189. The van der Waals surface area contributed by atoms with Crippen LogP contribution >= 0.6 is 11.1 Å². The van der Waals surface area contributed by atoms with Crippen molar-refractivity contribution in [3.05, 3.63) is 12.3 Å². The minimum atomic E-state index is -2.85. The highest BCUT2D eigenvalue weighted by atomic mass is 35.6. The van der Waals surface area contributed by atoms with Gasteiger partial charge in [-0.2, -0.15) is 0 Å². The van der Waals surface area contributed by atoms with Crippen LogP contribution in [0.1, 0.15) is 13.8 Å². The van der Waals surface area contributed by atoms with Crippen LogP contribution in [0.15, 0.2) is 12.3 Å². The molecule has 0 aliphatic rings. The van der Waals surface area contributed by atoms with Gasteiger partial charge >= 0.3 is 7.87 Å². The van der Waals surface area contributed by atoms with Crippen molar-refractivity contribution in [2.45, 2.75) is 26.1 Å². The summed E-state index contributed by atoms with van der Waals surface area (Å²) in [5, 5.41) is 0. The Labute approximate surface area is 103 Å². The third-order valence-electron chi connectivity index (χ3n) is 1.77. The van der Waals surface area contributed by atoms with Crippen LogP contribution in [0.3, 0.4) is 0 Å². The van der Waals surface area contributed by atoms with Gasteiger partial charge in [-0.1, -0.05) is 11.1 Å². The third kappa shape index (κ3) is 6.62. The van der Waals surface area contributed by atoms with E-state index in [1.807, 2.05) is 13.8 Å². The zero-order valence-corrected chi connectivity index (χ0v) is 12.1. The van der Waals surface area contributed by atoms with E-state index in [0.717, 1.165) is 0 Å². The SMILES string of the molecule is C=C[Si](Cl)(OC(C)COC)OC(C)COC. The maximum absolute atomic E-state index is 6.25. The average Bonchev–Trinajstić information content (AvgIpc) is 2.17. The molecule has 0 aromatic heterocycles. The summed E-state index contributed by atoms with van der Waals surface area (Å²) in [5.41, 5.74) is 1.55. The van der Waals surface area contributed by atoms with Crippen molar-refractivity contribution in [2.75, 3.05) is 27.4 Å². The number of halogens is 1. The van der Waals surface area contributed by atoms with E-state index in [0.29, 0.717) is 13.2 Å². The van der Waals surface area contributed by atoms with Gasteiger partial charge in [0, 0.05) is 14.2 Å². The topological polar surface area (TPSA) is 36.9 Å². The molecule has 0 radical (unpaired) electrons. The highest BCUT2D eigenvalue weighted by molar-refractivity contribution is 7.15. The van der Waals surface area contributed by atoms with Crippen LogP contribution < -0.4 is 0 Å². The van der Waals surface area contributed by atoms with E-state index in [1.165, 1.54) is 0 Å². The van der Waals surface area contributed by atoms with Gasteiger partial charge < -0.3 is 18.3 Å². The maximum Gasteiger partial charge on any atom is 0.470 e. The monoisotopic (exact) mass is 268 g/mol. The number of methoxy groups -OCH3 is 2. The first-order valence-electron chi connectivity index (χ1n) is 5.13. The zero-order chi connectivity index (χ0) is 12.6. The lowest BCUT2D eigenvalue weighted by Gasteiger charge is -2.27. The standard InChI is InChI=1S/C10H21ClO4Si/c1-6-16(11,14-9(2)7-12-4)15-10(3)8-13-5/h6,9-10H,1,7-8H2,2-5H3. The summed E-state index contributed by atoms with van der Waals surface area (Å²) < 4.78 is 21.2. The fraction of sp³-hybridized carbons (Fsp3) is 0.800. The maximum atomic E-state index is 6.25. The Kier molecular flexibility index (Phi) is 8.26. The summed E-state index contributed by atoms with van der Waals surface area (Å²) in [6, 6.07) is 0. The summed E-state index contributed by atoms with van der Waals surface area (Å²) >= 11 is 6.25. The zero-order valence-electron chi connectivity index (χ0n) is 10.4. The molecular weight excluding hydrogens is 248 g/mol. The second-order valence-electron chi connectivity index (χ2n) is 3.55. The molecule has 0 saturated carbocycles. The summed E-state index contributed by atoms with van der Waals surface area (Å²) in [7, 11) is 0.374. The smallest absolute Gasteiger partial charge is 0.382 e. The summed E-state index contributed by atoms with van der Waals surface area (Å²) in [6.45, 7) is 8.35. The first-order valence-corrected chi connectivity index (χ1v) is 8.04. The first kappa shape index (κ1) is 16.1. The lowest BCUT2D eigenvalue weighted by atomic mass is 10.5. The fourth-order valence-corrected chi connectivity index (χ4v) is 3.60. The van der Waals surface area contributed by atoms with Crippen LogP contribution in [0, 0.1) is 0 Å². The van der Waals surface area contributed by atoms with E-state index in [4.69, 9.17) is 29.4 Å². The van der Waals surface area contributed by atoms with Crippen LogP contribution in [0.2, 0.25) is 0 Å². The minimum Gasteiger partial charge on any atom is -0.382 e. The van der Waals surface area contributed by atoms with Gasteiger partial charge in [-0.15, -0.1) is 6.58 Å². The molecule has 6 heteroatoms. The van der Waals surface area contributed by atoms with E-state index in [9.17, 15) is 0 Å². The summed E-state index contributed by atoms with van der Waals surface area (Å²) in [4.78, 5) is 0. The predicted octanol–water partition coefficient (Wildman–Crippen LogP) is 1.99. The fourth-order valence-electron chi connectivity index (χ4n) is 1.21. The molecule has 2 unspecified atom stereocenters. The molecule has 0 aliphatic heterocycles. The number of ether oxygens (including phenoxy) is 2. The van der Waals surface area contributed by atoms with Crippen molar-refractivity contribution < 1.29 is 18.3 Å².